The van der Waals surface area contributed by atoms with E-state index in [1.807, 2.05) is 24.3 Å². The van der Waals surface area contributed by atoms with Gasteiger partial charge in [-0.25, -0.2) is 4.98 Å². The zero-order valence-electron chi connectivity index (χ0n) is 11.2. The quantitative estimate of drug-likeness (QED) is 0.698. The molecule has 3 aromatic rings. The van der Waals surface area contributed by atoms with Crippen LogP contribution < -0.4 is 10.5 Å². The lowest BCUT2D eigenvalue weighted by Gasteiger charge is -2.06. The molecule has 0 radical (unpaired) electrons. The zero-order chi connectivity index (χ0) is 13.8. The van der Waals surface area contributed by atoms with E-state index in [1.54, 1.807) is 0 Å². The number of hydrogen-bond acceptors (Lipinski definition) is 3. The van der Waals surface area contributed by atoms with E-state index in [4.69, 9.17) is 10.5 Å². The smallest absolute Gasteiger partial charge is 0.198 e. The second-order valence-electron chi connectivity index (χ2n) is 4.74. The number of aryl methyl sites for hydroxylation is 1. The minimum atomic E-state index is 0.432. The van der Waals surface area contributed by atoms with Crippen LogP contribution >= 0.6 is 0 Å². The molecule has 0 saturated heterocycles. The Hall–Kier alpha value is -2.49. The average molecular weight is 267 g/mol. The summed E-state index contributed by atoms with van der Waals surface area (Å²) in [5, 5.41) is 0. The van der Waals surface area contributed by atoms with Crippen LogP contribution in [0.15, 0.2) is 48.5 Å². The first-order chi connectivity index (χ1) is 9.81. The number of aromatic nitrogens is 2. The van der Waals surface area contributed by atoms with Gasteiger partial charge >= 0.3 is 0 Å². The van der Waals surface area contributed by atoms with Gasteiger partial charge in [0.2, 0.25) is 0 Å². The van der Waals surface area contributed by atoms with Gasteiger partial charge in [0.1, 0.15) is 5.75 Å². The fourth-order valence-electron chi connectivity index (χ4n) is 2.21. The van der Waals surface area contributed by atoms with Crippen LogP contribution in [0.25, 0.3) is 11.0 Å². The van der Waals surface area contributed by atoms with E-state index < -0.39 is 0 Å². The van der Waals surface area contributed by atoms with Crippen molar-refractivity contribution in [3.63, 3.8) is 0 Å². The molecule has 4 nitrogen and oxygen atoms in total. The fraction of sp³-hybridized carbons (Fsp3) is 0.188. The Kier molecular flexibility index (Phi) is 3.54. The van der Waals surface area contributed by atoms with Crippen molar-refractivity contribution in [2.75, 3.05) is 12.3 Å². The van der Waals surface area contributed by atoms with Crippen LogP contribution in [0.5, 0.6) is 5.75 Å². The molecule has 3 N–H and O–H groups in total. The summed E-state index contributed by atoms with van der Waals surface area (Å²) in [4.78, 5) is 7.18. The van der Waals surface area contributed by atoms with Gasteiger partial charge < -0.3 is 15.5 Å². The molecule has 0 aliphatic carbocycles. The topological polar surface area (TPSA) is 63.9 Å². The molecule has 1 heterocycles. The van der Waals surface area contributed by atoms with Crippen LogP contribution in [0.4, 0.5) is 5.95 Å². The molecule has 4 heteroatoms. The summed E-state index contributed by atoms with van der Waals surface area (Å²) < 4.78 is 5.75. The number of hydrogen-bond donors (Lipinski definition) is 2. The lowest BCUT2D eigenvalue weighted by atomic mass is 10.1. The van der Waals surface area contributed by atoms with Gasteiger partial charge in [-0.2, -0.15) is 0 Å². The molecule has 0 saturated carbocycles. The number of nitrogens with one attached hydrogen (secondary N) is 1. The Labute approximate surface area is 117 Å². The minimum Gasteiger partial charge on any atom is -0.494 e. The maximum atomic E-state index is 5.75. The maximum absolute atomic E-state index is 5.75. The van der Waals surface area contributed by atoms with Gasteiger partial charge in [-0.3, -0.25) is 0 Å². The number of benzene rings is 2. The Bertz CT molecular complexity index is 691. The highest BCUT2D eigenvalue weighted by Gasteiger charge is 2.02. The molecule has 0 aliphatic heterocycles. The predicted octanol–water partition coefficient (Wildman–Crippen LogP) is 3.16. The Morgan fingerprint density at radius 3 is 2.80 bits per heavy atom. The van der Waals surface area contributed by atoms with Gasteiger partial charge in [-0.15, -0.1) is 0 Å². The molecule has 0 spiro atoms. The third kappa shape index (κ3) is 2.91. The van der Waals surface area contributed by atoms with Crippen molar-refractivity contribution in [1.82, 2.24) is 9.97 Å². The predicted molar refractivity (Wildman–Crippen MR) is 80.8 cm³/mol. The summed E-state index contributed by atoms with van der Waals surface area (Å²) in [5.74, 6) is 1.26. The van der Waals surface area contributed by atoms with Crippen LogP contribution in [0, 0.1) is 0 Å². The van der Waals surface area contributed by atoms with Crippen LogP contribution in [0.2, 0.25) is 0 Å². The summed E-state index contributed by atoms with van der Waals surface area (Å²) in [6, 6.07) is 16.2. The van der Waals surface area contributed by atoms with Crippen molar-refractivity contribution in [2.24, 2.45) is 0 Å². The third-order valence-corrected chi connectivity index (χ3v) is 3.19. The second-order valence-corrected chi connectivity index (χ2v) is 4.74. The summed E-state index contributed by atoms with van der Waals surface area (Å²) >= 11 is 0. The highest BCUT2D eigenvalue weighted by molar-refractivity contribution is 5.78. The van der Waals surface area contributed by atoms with Gasteiger partial charge in [0, 0.05) is 6.07 Å². The number of nitrogen functional groups attached to an aromatic ring is 1. The molecule has 0 aliphatic rings. The van der Waals surface area contributed by atoms with Gasteiger partial charge in [0.05, 0.1) is 17.6 Å². The number of H-pyrrole nitrogens is 1. The number of fused-ring (bicyclic) bond motifs is 1. The van der Waals surface area contributed by atoms with Gasteiger partial charge in [0.15, 0.2) is 5.95 Å². The number of nitrogens with zero attached hydrogens (tertiary/aromatic N) is 1. The van der Waals surface area contributed by atoms with Gasteiger partial charge in [0.25, 0.3) is 0 Å². The van der Waals surface area contributed by atoms with Crippen molar-refractivity contribution in [1.29, 1.82) is 0 Å². The van der Waals surface area contributed by atoms with E-state index in [-0.39, 0.29) is 0 Å². The fourth-order valence-corrected chi connectivity index (χ4v) is 2.21. The number of imidazole rings is 1. The van der Waals surface area contributed by atoms with Crippen molar-refractivity contribution in [3.05, 3.63) is 54.1 Å². The van der Waals surface area contributed by atoms with Crippen LogP contribution in [0.1, 0.15) is 12.0 Å². The van der Waals surface area contributed by atoms with E-state index in [2.05, 4.69) is 34.2 Å². The van der Waals surface area contributed by atoms with Gasteiger partial charge in [-0.05, 0) is 30.5 Å². The van der Waals surface area contributed by atoms with E-state index in [1.165, 1.54) is 5.56 Å². The lowest BCUT2D eigenvalue weighted by Crippen LogP contribution is -1.99. The number of ether oxygens (including phenoxy) is 1. The molecule has 0 unspecified atom stereocenters. The number of rotatable bonds is 5. The highest BCUT2D eigenvalue weighted by Crippen LogP contribution is 2.19. The minimum absolute atomic E-state index is 0.432. The number of aromatic amines is 1. The van der Waals surface area contributed by atoms with Crippen molar-refractivity contribution in [3.8, 4) is 5.75 Å². The molecule has 0 fully saturated rings. The number of nitrogens with two attached hydrogens (primary N) is 1. The molecule has 3 rings (SSSR count). The largest absolute Gasteiger partial charge is 0.494 e. The van der Waals surface area contributed by atoms with Crippen LogP contribution in [-0.2, 0) is 6.42 Å². The molecule has 20 heavy (non-hydrogen) atoms. The van der Waals surface area contributed by atoms with Crippen LogP contribution in [-0.4, -0.2) is 16.6 Å². The van der Waals surface area contributed by atoms with Crippen molar-refractivity contribution in [2.45, 2.75) is 12.8 Å². The van der Waals surface area contributed by atoms with E-state index in [0.717, 1.165) is 29.6 Å². The molecule has 0 bridgehead atoms. The first kappa shape index (κ1) is 12.5. The first-order valence-corrected chi connectivity index (χ1v) is 6.73. The van der Waals surface area contributed by atoms with E-state index in [0.29, 0.717) is 12.6 Å². The zero-order valence-corrected chi connectivity index (χ0v) is 11.2. The highest BCUT2D eigenvalue weighted by atomic mass is 16.5. The summed E-state index contributed by atoms with van der Waals surface area (Å²) in [5.41, 5.74) is 8.72. The van der Waals surface area contributed by atoms with Gasteiger partial charge in [-0.1, -0.05) is 30.3 Å². The van der Waals surface area contributed by atoms with Crippen LogP contribution in [0.3, 0.4) is 0 Å². The number of anilines is 1. The molecular formula is C16H17N3O. The monoisotopic (exact) mass is 267 g/mol. The Balaban J connectivity index is 1.54. The average Bonchev–Trinajstić information content (AvgIpc) is 2.84. The Morgan fingerprint density at radius 2 is 1.95 bits per heavy atom. The van der Waals surface area contributed by atoms with Crippen molar-refractivity contribution >= 4 is 17.0 Å². The Morgan fingerprint density at radius 1 is 1.10 bits per heavy atom. The van der Waals surface area contributed by atoms with E-state index >= 15 is 0 Å². The molecule has 0 amide bonds. The summed E-state index contributed by atoms with van der Waals surface area (Å²) in [6.45, 7) is 0.695. The lowest BCUT2D eigenvalue weighted by molar-refractivity contribution is 0.311. The van der Waals surface area contributed by atoms with E-state index in [9.17, 15) is 0 Å². The summed E-state index contributed by atoms with van der Waals surface area (Å²) in [7, 11) is 0. The van der Waals surface area contributed by atoms with Crippen molar-refractivity contribution < 1.29 is 4.74 Å². The molecular weight excluding hydrogens is 250 g/mol. The third-order valence-electron chi connectivity index (χ3n) is 3.19. The summed E-state index contributed by atoms with van der Waals surface area (Å²) in [6.07, 6.45) is 2.02. The molecule has 1 aromatic heterocycles. The normalized spacial score (nSPS) is 10.8. The standard InChI is InChI=1S/C16H17N3O/c17-16-18-14-9-8-13(11-15(14)19-16)20-10-4-7-12-5-2-1-3-6-12/h1-3,5-6,8-9,11H,4,7,10H2,(H3,17,18,19). The first-order valence-electron chi connectivity index (χ1n) is 6.73. The molecule has 102 valence electrons. The molecule has 0 atom stereocenters. The molecule has 2 aromatic carbocycles. The SMILES string of the molecule is Nc1nc2cc(OCCCc3ccccc3)ccc2[nH]1. The second kappa shape index (κ2) is 5.65. The maximum Gasteiger partial charge on any atom is 0.198 e.